The summed E-state index contributed by atoms with van der Waals surface area (Å²) in [6.45, 7) is 8.59. The van der Waals surface area contributed by atoms with E-state index in [1.54, 1.807) is 0 Å². The summed E-state index contributed by atoms with van der Waals surface area (Å²) in [5, 5.41) is 9.11. The standard InChI is InChI=1S/C16H22N2O/c1-10-8-11(2)15(12(3)9-10)16-13(4)17-14(6-7-19)18(16)5/h8-9,19H,6-7H2,1-5H3. The van der Waals surface area contributed by atoms with Crippen molar-refractivity contribution in [3.63, 3.8) is 0 Å². The van der Waals surface area contributed by atoms with Gasteiger partial charge in [0, 0.05) is 19.0 Å². The van der Waals surface area contributed by atoms with Gasteiger partial charge in [-0.3, -0.25) is 0 Å². The van der Waals surface area contributed by atoms with E-state index in [1.165, 1.54) is 27.9 Å². The first-order valence-corrected chi connectivity index (χ1v) is 6.67. The smallest absolute Gasteiger partial charge is 0.111 e. The summed E-state index contributed by atoms with van der Waals surface area (Å²) in [7, 11) is 2.03. The van der Waals surface area contributed by atoms with Crippen molar-refractivity contribution in [2.24, 2.45) is 7.05 Å². The maximum Gasteiger partial charge on any atom is 0.111 e. The summed E-state index contributed by atoms with van der Waals surface area (Å²) in [5.74, 6) is 0.939. The Balaban J connectivity index is 2.66. The van der Waals surface area contributed by atoms with Crippen LogP contribution in [0.5, 0.6) is 0 Å². The number of aliphatic hydroxyl groups is 1. The normalized spacial score (nSPS) is 11.1. The van der Waals surface area contributed by atoms with Crippen molar-refractivity contribution in [2.45, 2.75) is 34.1 Å². The van der Waals surface area contributed by atoms with E-state index in [0.29, 0.717) is 6.42 Å². The van der Waals surface area contributed by atoms with Gasteiger partial charge in [-0.25, -0.2) is 4.98 Å². The van der Waals surface area contributed by atoms with Crippen molar-refractivity contribution in [1.82, 2.24) is 9.55 Å². The van der Waals surface area contributed by atoms with E-state index < -0.39 is 0 Å². The van der Waals surface area contributed by atoms with Crippen LogP contribution in [0.4, 0.5) is 0 Å². The van der Waals surface area contributed by atoms with E-state index in [2.05, 4.69) is 42.5 Å². The number of aromatic nitrogens is 2. The zero-order chi connectivity index (χ0) is 14.2. The Hall–Kier alpha value is -1.61. The van der Waals surface area contributed by atoms with E-state index in [-0.39, 0.29) is 6.61 Å². The Morgan fingerprint density at radius 2 is 1.68 bits per heavy atom. The van der Waals surface area contributed by atoms with Gasteiger partial charge in [0.1, 0.15) is 5.82 Å². The lowest BCUT2D eigenvalue weighted by Crippen LogP contribution is -2.03. The first kappa shape index (κ1) is 13.8. The minimum atomic E-state index is 0.135. The van der Waals surface area contributed by atoms with Crippen LogP contribution in [0.2, 0.25) is 0 Å². The first-order chi connectivity index (χ1) is 8.95. The third kappa shape index (κ3) is 2.43. The number of hydrogen-bond acceptors (Lipinski definition) is 2. The molecule has 1 aromatic heterocycles. The molecule has 2 rings (SSSR count). The van der Waals surface area contributed by atoms with Crippen molar-refractivity contribution >= 4 is 0 Å². The van der Waals surface area contributed by atoms with Gasteiger partial charge in [-0.1, -0.05) is 17.7 Å². The molecule has 0 atom stereocenters. The Kier molecular flexibility index (Phi) is 3.76. The summed E-state index contributed by atoms with van der Waals surface area (Å²) in [6.07, 6.45) is 0.599. The highest BCUT2D eigenvalue weighted by Gasteiger charge is 2.16. The molecule has 0 aliphatic rings. The molecular weight excluding hydrogens is 236 g/mol. The van der Waals surface area contributed by atoms with E-state index in [4.69, 9.17) is 5.11 Å². The van der Waals surface area contributed by atoms with Crippen LogP contribution < -0.4 is 0 Å². The molecule has 0 aliphatic heterocycles. The molecular formula is C16H22N2O. The largest absolute Gasteiger partial charge is 0.396 e. The fraction of sp³-hybridized carbons (Fsp3) is 0.438. The van der Waals surface area contributed by atoms with Gasteiger partial charge < -0.3 is 9.67 Å². The van der Waals surface area contributed by atoms with Crippen molar-refractivity contribution in [3.05, 3.63) is 40.3 Å². The highest BCUT2D eigenvalue weighted by molar-refractivity contribution is 5.70. The molecule has 0 radical (unpaired) electrons. The van der Waals surface area contributed by atoms with E-state index in [0.717, 1.165) is 11.5 Å². The lowest BCUT2D eigenvalue weighted by Gasteiger charge is -2.13. The van der Waals surface area contributed by atoms with Gasteiger partial charge in [0.05, 0.1) is 18.0 Å². The highest BCUT2D eigenvalue weighted by Crippen LogP contribution is 2.31. The zero-order valence-electron chi connectivity index (χ0n) is 12.4. The van der Waals surface area contributed by atoms with Crippen LogP contribution in [0.15, 0.2) is 12.1 Å². The summed E-state index contributed by atoms with van der Waals surface area (Å²) in [4.78, 5) is 4.58. The molecule has 1 heterocycles. The Morgan fingerprint density at radius 3 is 2.21 bits per heavy atom. The molecule has 2 aromatic rings. The lowest BCUT2D eigenvalue weighted by atomic mass is 9.96. The van der Waals surface area contributed by atoms with Gasteiger partial charge in [-0.2, -0.15) is 0 Å². The van der Waals surface area contributed by atoms with Crippen molar-refractivity contribution < 1.29 is 5.11 Å². The van der Waals surface area contributed by atoms with Crippen LogP contribution in [-0.4, -0.2) is 21.3 Å². The minimum absolute atomic E-state index is 0.135. The van der Waals surface area contributed by atoms with Crippen molar-refractivity contribution in [1.29, 1.82) is 0 Å². The second-order valence-electron chi connectivity index (χ2n) is 5.27. The molecule has 3 nitrogen and oxygen atoms in total. The topological polar surface area (TPSA) is 38.1 Å². The fourth-order valence-electron chi connectivity index (χ4n) is 2.92. The van der Waals surface area contributed by atoms with Crippen LogP contribution >= 0.6 is 0 Å². The molecule has 1 N–H and O–H groups in total. The second-order valence-corrected chi connectivity index (χ2v) is 5.27. The van der Waals surface area contributed by atoms with Crippen LogP contribution in [-0.2, 0) is 13.5 Å². The van der Waals surface area contributed by atoms with Gasteiger partial charge in [0.15, 0.2) is 0 Å². The predicted molar refractivity (Wildman–Crippen MR) is 78.4 cm³/mol. The van der Waals surface area contributed by atoms with Gasteiger partial charge in [-0.15, -0.1) is 0 Å². The minimum Gasteiger partial charge on any atom is -0.396 e. The second kappa shape index (κ2) is 5.17. The molecule has 19 heavy (non-hydrogen) atoms. The molecule has 1 aromatic carbocycles. The Bertz CT molecular complexity index is 588. The average Bonchev–Trinajstić information content (AvgIpc) is 2.56. The predicted octanol–water partition coefficient (Wildman–Crippen LogP) is 2.86. The number of hydrogen-bond donors (Lipinski definition) is 1. The molecule has 0 amide bonds. The summed E-state index contributed by atoms with van der Waals surface area (Å²) < 4.78 is 2.11. The lowest BCUT2D eigenvalue weighted by molar-refractivity contribution is 0.295. The number of imidazole rings is 1. The maximum absolute atomic E-state index is 9.11. The monoisotopic (exact) mass is 258 g/mol. The molecule has 0 bridgehead atoms. The SMILES string of the molecule is Cc1cc(C)c(-c2c(C)nc(CCO)n2C)c(C)c1. The summed E-state index contributed by atoms with van der Waals surface area (Å²) in [5.41, 5.74) is 7.30. The van der Waals surface area contributed by atoms with E-state index in [9.17, 15) is 0 Å². The third-order valence-corrected chi connectivity index (χ3v) is 3.61. The molecule has 0 unspecified atom stereocenters. The molecule has 0 fully saturated rings. The summed E-state index contributed by atoms with van der Waals surface area (Å²) in [6, 6.07) is 4.42. The number of nitrogens with zero attached hydrogens (tertiary/aromatic N) is 2. The molecule has 102 valence electrons. The van der Waals surface area contributed by atoms with Gasteiger partial charge in [0.2, 0.25) is 0 Å². The average molecular weight is 258 g/mol. The van der Waals surface area contributed by atoms with Gasteiger partial charge in [-0.05, 0) is 38.8 Å². The number of rotatable bonds is 3. The van der Waals surface area contributed by atoms with Crippen LogP contribution in [0.3, 0.4) is 0 Å². The number of aryl methyl sites for hydroxylation is 4. The van der Waals surface area contributed by atoms with E-state index in [1.807, 2.05) is 14.0 Å². The maximum atomic E-state index is 9.11. The summed E-state index contributed by atoms with van der Waals surface area (Å²) >= 11 is 0. The number of benzene rings is 1. The van der Waals surface area contributed by atoms with E-state index >= 15 is 0 Å². The molecule has 0 aliphatic carbocycles. The number of aliphatic hydroxyl groups excluding tert-OH is 1. The Morgan fingerprint density at radius 1 is 1.11 bits per heavy atom. The molecule has 0 spiro atoms. The molecule has 0 saturated heterocycles. The van der Waals surface area contributed by atoms with Crippen LogP contribution in [0.25, 0.3) is 11.3 Å². The quantitative estimate of drug-likeness (QED) is 0.919. The third-order valence-electron chi connectivity index (χ3n) is 3.61. The molecule has 0 saturated carbocycles. The van der Waals surface area contributed by atoms with Gasteiger partial charge in [0.25, 0.3) is 0 Å². The Labute approximate surface area is 114 Å². The van der Waals surface area contributed by atoms with Crippen molar-refractivity contribution in [3.8, 4) is 11.3 Å². The van der Waals surface area contributed by atoms with Crippen LogP contribution in [0.1, 0.15) is 28.2 Å². The fourth-order valence-corrected chi connectivity index (χ4v) is 2.92. The first-order valence-electron chi connectivity index (χ1n) is 6.67. The highest BCUT2D eigenvalue weighted by atomic mass is 16.3. The van der Waals surface area contributed by atoms with Crippen LogP contribution in [0, 0.1) is 27.7 Å². The molecule has 3 heteroatoms. The van der Waals surface area contributed by atoms with Gasteiger partial charge >= 0.3 is 0 Å². The zero-order valence-corrected chi connectivity index (χ0v) is 12.4. The van der Waals surface area contributed by atoms with Crippen molar-refractivity contribution in [2.75, 3.05) is 6.61 Å².